The second-order valence-corrected chi connectivity index (χ2v) is 1.65. The van der Waals surface area contributed by atoms with Gasteiger partial charge in [0, 0.05) is 6.04 Å². The van der Waals surface area contributed by atoms with E-state index >= 15 is 0 Å². The molecule has 1 unspecified atom stereocenters. The van der Waals surface area contributed by atoms with Gasteiger partial charge in [-0.25, -0.2) is 0 Å². The Morgan fingerprint density at radius 3 is 2.57 bits per heavy atom. The molecule has 3 N–H and O–H groups in total. The van der Waals surface area contributed by atoms with Gasteiger partial charge in [0.25, 0.3) is 0 Å². The highest BCUT2D eigenvalue weighted by Gasteiger charge is 1.91. The predicted octanol–water partition coefficient (Wildman–Crippen LogP) is -0.185. The zero-order valence-corrected chi connectivity index (χ0v) is 4.65. The molecule has 0 bridgehead atoms. The number of rotatable bonds is 3. The van der Waals surface area contributed by atoms with Crippen LogP contribution < -0.4 is 11.3 Å². The molecule has 0 spiro atoms. The average molecular weight is 98.0 g/mol. The summed E-state index contributed by atoms with van der Waals surface area (Å²) in [7, 11) is 5.21. The summed E-state index contributed by atoms with van der Waals surface area (Å²) in [6.45, 7) is 1.99. The summed E-state index contributed by atoms with van der Waals surface area (Å²) in [4.78, 5) is 0. The molecular weight excluding hydrogens is 86.9 g/mol. The second-order valence-electron chi connectivity index (χ2n) is 1.65. The Balaban J connectivity index is 2.83. The van der Waals surface area contributed by atoms with Crippen LogP contribution >= 0.6 is 0 Å². The molecule has 7 heavy (non-hydrogen) atoms. The maximum absolute atomic E-state index is 5.21. The minimum atomic E-state index is 0.352. The van der Waals surface area contributed by atoms with Gasteiger partial charge in [-0.05, 0) is 13.3 Å². The molecule has 0 saturated heterocycles. The molecule has 0 aliphatic rings. The highest BCUT2D eigenvalue weighted by molar-refractivity contribution is 6.08. The Morgan fingerprint density at radius 2 is 2.43 bits per heavy atom. The van der Waals surface area contributed by atoms with Gasteiger partial charge in [0.1, 0.15) is 0 Å². The van der Waals surface area contributed by atoms with Gasteiger partial charge in [-0.15, -0.1) is 0 Å². The zero-order valence-electron chi connectivity index (χ0n) is 4.65. The fourth-order valence-corrected chi connectivity index (χ4v) is 0.333. The van der Waals surface area contributed by atoms with Gasteiger partial charge in [-0.2, -0.15) is 0 Å². The average Bonchev–Trinajstić information content (AvgIpc) is 1.68. The van der Waals surface area contributed by atoms with E-state index in [2.05, 4.69) is 5.43 Å². The first kappa shape index (κ1) is 6.98. The first-order chi connectivity index (χ1) is 3.31. The van der Waals surface area contributed by atoms with E-state index in [1.807, 2.05) is 6.92 Å². The van der Waals surface area contributed by atoms with Crippen molar-refractivity contribution in [3.8, 4) is 0 Å². The molecule has 3 heteroatoms. The SMILES string of the molecule is [B]CCC(C)NN. The zero-order chi connectivity index (χ0) is 5.70. The molecule has 2 nitrogen and oxygen atoms in total. The Bertz CT molecular complexity index is 40.7. The molecule has 0 aromatic carbocycles. The Labute approximate surface area is 45.8 Å². The number of nitrogens with two attached hydrogens (primary N) is 1. The number of hydrazine groups is 1. The van der Waals surface area contributed by atoms with Crippen molar-refractivity contribution in [3.63, 3.8) is 0 Å². The standard InChI is InChI=1S/C4H11BN2/c1-4(7-6)2-3-5/h4,7H,2-3,6H2,1H3. The Morgan fingerprint density at radius 1 is 1.86 bits per heavy atom. The van der Waals surface area contributed by atoms with E-state index in [4.69, 9.17) is 13.7 Å². The van der Waals surface area contributed by atoms with E-state index in [1.165, 1.54) is 0 Å². The topological polar surface area (TPSA) is 38.0 Å². The van der Waals surface area contributed by atoms with Crippen LogP contribution in [0.2, 0.25) is 6.32 Å². The molecule has 0 aromatic heterocycles. The lowest BCUT2D eigenvalue weighted by Gasteiger charge is -2.05. The summed E-state index contributed by atoms with van der Waals surface area (Å²) >= 11 is 0. The third kappa shape index (κ3) is 3.82. The monoisotopic (exact) mass is 98.1 g/mol. The summed E-state index contributed by atoms with van der Waals surface area (Å²) in [5.41, 5.74) is 2.59. The molecule has 0 heterocycles. The van der Waals surface area contributed by atoms with Gasteiger partial charge >= 0.3 is 0 Å². The fraction of sp³-hybridized carbons (Fsp3) is 1.00. The Hall–Kier alpha value is -0.0151. The highest BCUT2D eigenvalue weighted by Crippen LogP contribution is 1.89. The quantitative estimate of drug-likeness (QED) is 0.292. The first-order valence-corrected chi connectivity index (χ1v) is 2.47. The maximum atomic E-state index is 5.21. The summed E-state index contributed by atoms with van der Waals surface area (Å²) in [5.74, 6) is 5.05. The summed E-state index contributed by atoms with van der Waals surface area (Å²) in [6.07, 6.45) is 1.64. The van der Waals surface area contributed by atoms with Crippen LogP contribution in [-0.2, 0) is 0 Å². The molecule has 0 fully saturated rings. The van der Waals surface area contributed by atoms with E-state index in [0.29, 0.717) is 12.4 Å². The number of hydrogen-bond acceptors (Lipinski definition) is 2. The predicted molar refractivity (Wildman–Crippen MR) is 32.0 cm³/mol. The number of hydrogen-bond donors (Lipinski definition) is 2. The second kappa shape index (κ2) is 4.15. The van der Waals surface area contributed by atoms with Crippen LogP contribution in [-0.4, -0.2) is 13.9 Å². The van der Waals surface area contributed by atoms with Crippen molar-refractivity contribution < 1.29 is 0 Å². The van der Waals surface area contributed by atoms with Gasteiger partial charge in [0.2, 0.25) is 0 Å². The molecule has 0 saturated carbocycles. The summed E-state index contributed by atoms with van der Waals surface area (Å²) in [5, 5.41) is 0. The van der Waals surface area contributed by atoms with Crippen molar-refractivity contribution in [1.29, 1.82) is 0 Å². The van der Waals surface area contributed by atoms with Crippen molar-refractivity contribution in [2.75, 3.05) is 0 Å². The molecule has 0 aliphatic carbocycles. The van der Waals surface area contributed by atoms with Crippen LogP contribution in [0.5, 0.6) is 0 Å². The third-order valence-corrected chi connectivity index (χ3v) is 0.884. The minimum absolute atomic E-state index is 0.352. The van der Waals surface area contributed by atoms with Gasteiger partial charge in [0.15, 0.2) is 0 Å². The summed E-state index contributed by atoms with van der Waals surface area (Å²) < 4.78 is 0. The van der Waals surface area contributed by atoms with Crippen molar-refractivity contribution in [2.24, 2.45) is 5.84 Å². The maximum Gasteiger partial charge on any atom is 0.0653 e. The van der Waals surface area contributed by atoms with Crippen LogP contribution in [0.15, 0.2) is 0 Å². The molecule has 0 amide bonds. The van der Waals surface area contributed by atoms with Crippen molar-refractivity contribution >= 4 is 7.85 Å². The molecular formula is C4H11BN2. The largest absolute Gasteiger partial charge is 0.271 e. The lowest BCUT2D eigenvalue weighted by molar-refractivity contribution is 0.555. The molecule has 40 valence electrons. The van der Waals surface area contributed by atoms with Crippen molar-refractivity contribution in [2.45, 2.75) is 25.7 Å². The first-order valence-electron chi connectivity index (χ1n) is 2.47. The lowest BCUT2D eigenvalue weighted by atomic mass is 9.99. The van der Waals surface area contributed by atoms with E-state index < -0.39 is 0 Å². The highest BCUT2D eigenvalue weighted by atomic mass is 15.2. The van der Waals surface area contributed by atoms with E-state index in [1.54, 1.807) is 0 Å². The molecule has 0 rings (SSSR count). The molecule has 0 aromatic rings. The van der Waals surface area contributed by atoms with Crippen LogP contribution in [0, 0.1) is 0 Å². The van der Waals surface area contributed by atoms with Crippen molar-refractivity contribution in [3.05, 3.63) is 0 Å². The van der Waals surface area contributed by atoms with E-state index in [9.17, 15) is 0 Å². The van der Waals surface area contributed by atoms with Gasteiger partial charge in [0.05, 0.1) is 7.85 Å². The smallest absolute Gasteiger partial charge is 0.0653 e. The van der Waals surface area contributed by atoms with Gasteiger partial charge in [-0.1, -0.05) is 6.32 Å². The van der Waals surface area contributed by atoms with Crippen LogP contribution in [0.25, 0.3) is 0 Å². The van der Waals surface area contributed by atoms with Crippen LogP contribution in [0.4, 0.5) is 0 Å². The molecule has 1 atom stereocenters. The lowest BCUT2D eigenvalue weighted by Crippen LogP contribution is -2.32. The third-order valence-electron chi connectivity index (χ3n) is 0.884. The van der Waals surface area contributed by atoms with E-state index in [-0.39, 0.29) is 0 Å². The normalized spacial score (nSPS) is 14.0. The van der Waals surface area contributed by atoms with Crippen molar-refractivity contribution in [1.82, 2.24) is 5.43 Å². The van der Waals surface area contributed by atoms with Gasteiger partial charge in [-0.3, -0.25) is 11.3 Å². The number of nitrogens with one attached hydrogen (secondary N) is 1. The Kier molecular flexibility index (Phi) is 4.14. The minimum Gasteiger partial charge on any atom is -0.271 e. The van der Waals surface area contributed by atoms with Gasteiger partial charge < -0.3 is 0 Å². The summed E-state index contributed by atoms with van der Waals surface area (Å²) in [6, 6.07) is 0.352. The molecule has 0 aliphatic heterocycles. The van der Waals surface area contributed by atoms with E-state index in [0.717, 1.165) is 6.42 Å². The van der Waals surface area contributed by atoms with Crippen LogP contribution in [0.1, 0.15) is 13.3 Å². The van der Waals surface area contributed by atoms with Crippen LogP contribution in [0.3, 0.4) is 0 Å². The molecule has 2 radical (unpaired) electrons. The fourth-order valence-electron chi connectivity index (χ4n) is 0.333.